The zero-order chi connectivity index (χ0) is 87.0. The van der Waals surface area contributed by atoms with Crippen LogP contribution in [-0.4, -0.2) is 224 Å². The van der Waals surface area contributed by atoms with Crippen molar-refractivity contribution in [3.05, 3.63) is 132 Å². The lowest BCUT2D eigenvalue weighted by molar-refractivity contribution is -0.141. The number of carbonyl (C=O) groups excluding carboxylic acids is 16. The molecule has 40 heteroatoms. The third-order valence-corrected chi connectivity index (χ3v) is 18.9. The van der Waals surface area contributed by atoms with Gasteiger partial charge in [-0.15, -0.1) is 0 Å². The van der Waals surface area contributed by atoms with Crippen molar-refractivity contribution in [1.29, 1.82) is 0 Å². The van der Waals surface area contributed by atoms with Crippen LogP contribution in [0.1, 0.15) is 108 Å². The lowest BCUT2D eigenvalue weighted by atomic mass is 10.0. The summed E-state index contributed by atoms with van der Waals surface area (Å²) in [6, 6.07) is 6.77. The number of nitrogens with zero attached hydrogens (tertiary/aromatic N) is 2. The molecule has 0 aliphatic carbocycles. The molecule has 29 N–H and O–H groups in total. The van der Waals surface area contributed by atoms with Gasteiger partial charge in [-0.05, 0) is 103 Å². The van der Waals surface area contributed by atoms with E-state index < -0.39 is 212 Å². The van der Waals surface area contributed by atoms with Gasteiger partial charge < -0.3 is 124 Å². The molecular formula is C78H107N21O19. The molecule has 0 unspecified atom stereocenters. The number of benzene rings is 4. The smallest absolute Gasteiger partial charge is 0.245 e. The van der Waals surface area contributed by atoms with Gasteiger partial charge in [0, 0.05) is 55.9 Å². The Morgan fingerprint density at radius 2 is 0.898 bits per heavy atom. The summed E-state index contributed by atoms with van der Waals surface area (Å²) in [6.07, 6.45) is -1.68. The van der Waals surface area contributed by atoms with Crippen LogP contribution in [0.25, 0.3) is 10.9 Å². The number of guanidine groups is 1. The fourth-order valence-corrected chi connectivity index (χ4v) is 13.0. The molecule has 0 bridgehead atoms. The predicted molar refractivity (Wildman–Crippen MR) is 427 cm³/mol. The first kappa shape index (κ1) is 93.6. The number of aliphatic hydroxyl groups is 1. The summed E-state index contributed by atoms with van der Waals surface area (Å²) < 4.78 is 0. The molecule has 1 aliphatic heterocycles. The van der Waals surface area contributed by atoms with Gasteiger partial charge in [0.25, 0.3) is 0 Å². The lowest BCUT2D eigenvalue weighted by Gasteiger charge is -2.29. The van der Waals surface area contributed by atoms with E-state index in [1.54, 1.807) is 68.4 Å². The molecule has 4 aromatic carbocycles. The average molecular weight is 1640 g/mol. The fourth-order valence-electron chi connectivity index (χ4n) is 13.0. The van der Waals surface area contributed by atoms with Gasteiger partial charge in [-0.3, -0.25) is 81.7 Å². The molecular weight excluding hydrogens is 1530 g/mol. The minimum atomic E-state index is -2.03. The zero-order valence-corrected chi connectivity index (χ0v) is 65.8. The number of hydrogen-bond acceptors (Lipinski definition) is 21. The van der Waals surface area contributed by atoms with Gasteiger partial charge in [0.15, 0.2) is 5.96 Å². The van der Waals surface area contributed by atoms with Crippen LogP contribution in [0.2, 0.25) is 0 Å². The summed E-state index contributed by atoms with van der Waals surface area (Å²) >= 11 is 0. The van der Waals surface area contributed by atoms with E-state index in [-0.39, 0.29) is 86.5 Å². The van der Waals surface area contributed by atoms with Gasteiger partial charge in [0.2, 0.25) is 94.5 Å². The van der Waals surface area contributed by atoms with Crippen LogP contribution in [0.5, 0.6) is 11.5 Å². The number of nitrogens with one attached hydrogen (secondary N) is 12. The normalized spacial score (nSPS) is 15.2. The number of aliphatic imine (C=N–C) groups is 1. The molecule has 40 nitrogen and oxygen atoms in total. The first-order chi connectivity index (χ1) is 55.9. The van der Waals surface area contributed by atoms with Gasteiger partial charge in [0.05, 0.1) is 38.5 Å². The first-order valence-corrected chi connectivity index (χ1v) is 38.2. The highest BCUT2D eigenvalue weighted by atomic mass is 16.3. The monoisotopic (exact) mass is 1640 g/mol. The maximum atomic E-state index is 14.9. The van der Waals surface area contributed by atoms with Gasteiger partial charge >= 0.3 is 0 Å². The Bertz CT molecular complexity index is 4410. The second kappa shape index (κ2) is 45.7. The Labute approximate surface area is 679 Å². The van der Waals surface area contributed by atoms with Crippen molar-refractivity contribution in [2.75, 3.05) is 26.2 Å². The molecule has 16 amide bonds. The minimum Gasteiger partial charge on any atom is -0.508 e. The van der Waals surface area contributed by atoms with Crippen molar-refractivity contribution in [2.45, 2.75) is 184 Å². The van der Waals surface area contributed by atoms with Crippen LogP contribution in [0.4, 0.5) is 0 Å². The summed E-state index contributed by atoms with van der Waals surface area (Å²) in [5.74, 6) is -17.5. The van der Waals surface area contributed by atoms with E-state index in [2.05, 4.69) is 68.5 Å². The molecule has 0 saturated carbocycles. The molecule has 1 aliphatic rings. The molecule has 1 saturated heterocycles. The number of aromatic hydroxyl groups is 2. The summed E-state index contributed by atoms with van der Waals surface area (Å²) in [6.45, 7) is 5.36. The number of aromatic amines is 1. The van der Waals surface area contributed by atoms with Crippen LogP contribution in [0, 0.1) is 11.8 Å². The number of rotatable bonds is 47. The third-order valence-electron chi connectivity index (χ3n) is 18.9. The van der Waals surface area contributed by atoms with E-state index in [0.717, 1.165) is 0 Å². The summed E-state index contributed by atoms with van der Waals surface area (Å²) in [4.78, 5) is 230. The molecule has 0 spiro atoms. The van der Waals surface area contributed by atoms with Crippen LogP contribution >= 0.6 is 0 Å². The molecule has 2 heterocycles. The second-order valence-corrected chi connectivity index (χ2v) is 29.5. The standard InChI is InChI=1S/C78H107N21O19/c1-40(2)28-49(79)77(118)99-27-11-17-61(99)76(117)97-59(36-64(82)105)73(114)93-55(32-44-20-24-47(102)25-21-44)70(111)95-57(34-62(80)103)72(113)94-56(33-45-37-87-50-15-9-8-14-48(45)50)71(112)96-58(35-63(81)104)74(115)98-60(39-100)75(116)92-54(31-42-12-6-5-7-13-42)67(108)88-38-65(106)89-53(29-41(3)4)69(110)90-51(16-10-26-86-78(84)85)68(109)91-52(66(83)107)30-43-18-22-46(101)23-19-43/h5-9,12-15,18-25,37,40-41,49,51-61,87,100-102H,10-11,16-17,26-36,38-39,79H2,1-4H3,(H2,80,103)(H2,81,104)(H2,82,105)(H2,83,107)(H,88,108)(H,89,106)(H,90,110)(H,91,109)(H,92,116)(H,93,114)(H,94,113)(H,95,111)(H,96,112)(H,97,117)(H,98,115)(H4,84,85,86)/t49-,51-,52-,53-,54-,55-,56-,57-,58-,59-,60-,61-/m0/s1. The Morgan fingerprint density at radius 1 is 0.475 bits per heavy atom. The average Bonchev–Trinajstić information content (AvgIpc) is 1.62. The summed E-state index contributed by atoms with van der Waals surface area (Å²) in [5.41, 5.74) is 41.9. The number of H-pyrrole nitrogens is 1. The Balaban J connectivity index is 1.20. The number of hydrogen-bond donors (Lipinski definition) is 22. The minimum absolute atomic E-state index is 0.0117. The van der Waals surface area contributed by atoms with Gasteiger partial charge in [-0.25, -0.2) is 0 Å². The number of aromatic nitrogens is 1. The fraction of sp³-hybridized carbons (Fsp3) is 0.449. The SMILES string of the molecule is CC(C)C[C@H](NC(=O)CNC(=O)[C@H](Cc1ccccc1)NC(=O)[C@H](CO)NC(=O)[C@H](CC(N)=O)NC(=O)[C@H](Cc1c[nH]c2ccccc12)NC(=O)[C@H](CC(N)=O)NC(=O)[C@H](Cc1ccc(O)cc1)NC(=O)[C@H](CC(N)=O)NC(=O)[C@@H]1CCCN1C(=O)[C@@H](N)CC(C)C)C(=O)N[C@@H](CCCN=C(N)N)C(=O)N[C@@H](Cc1ccc(O)cc1)C(N)=O. The Kier molecular flexibility index (Phi) is 36.3. The molecule has 638 valence electrons. The van der Waals surface area contributed by atoms with E-state index in [9.17, 15) is 92.0 Å². The maximum absolute atomic E-state index is 14.9. The van der Waals surface area contributed by atoms with Crippen LogP contribution in [0.3, 0.4) is 0 Å². The topological polar surface area (TPSA) is 680 Å². The first-order valence-electron chi connectivity index (χ1n) is 38.2. The van der Waals surface area contributed by atoms with Crippen molar-refractivity contribution < 1.29 is 92.0 Å². The van der Waals surface area contributed by atoms with Gasteiger partial charge in [-0.1, -0.05) is 100 Å². The van der Waals surface area contributed by atoms with Crippen molar-refractivity contribution >= 4 is 111 Å². The molecule has 12 atom stereocenters. The van der Waals surface area contributed by atoms with Crippen molar-refractivity contribution in [3.63, 3.8) is 0 Å². The summed E-state index contributed by atoms with van der Waals surface area (Å²) in [7, 11) is 0. The highest BCUT2D eigenvalue weighted by Crippen LogP contribution is 2.23. The number of phenolic OH excluding ortho intramolecular Hbond substituents is 2. The van der Waals surface area contributed by atoms with Gasteiger partial charge in [-0.2, -0.15) is 0 Å². The molecule has 0 radical (unpaired) electrons. The number of likely N-dealkylation sites (tertiary alicyclic amines) is 1. The Hall–Kier alpha value is -13.3. The van der Waals surface area contributed by atoms with E-state index in [0.29, 0.717) is 40.4 Å². The number of fused-ring (bicyclic) bond motifs is 1. The highest BCUT2D eigenvalue weighted by molar-refractivity contribution is 6.02. The molecule has 1 aromatic heterocycles. The predicted octanol–water partition coefficient (Wildman–Crippen LogP) is -5.62. The number of carbonyl (C=O) groups is 16. The van der Waals surface area contributed by atoms with E-state index in [1.807, 2.05) is 13.8 Å². The zero-order valence-electron chi connectivity index (χ0n) is 65.8. The molecule has 5 aromatic rings. The van der Waals surface area contributed by atoms with E-state index >= 15 is 0 Å². The lowest BCUT2D eigenvalue weighted by Crippen LogP contribution is -2.62. The maximum Gasteiger partial charge on any atom is 0.245 e. The molecule has 118 heavy (non-hydrogen) atoms. The van der Waals surface area contributed by atoms with Crippen LogP contribution < -0.4 is 98.6 Å². The Morgan fingerprint density at radius 3 is 1.41 bits per heavy atom. The van der Waals surface area contributed by atoms with Crippen LogP contribution in [0.15, 0.2) is 114 Å². The molecule has 1 fully saturated rings. The number of aliphatic hydroxyl groups excluding tert-OH is 1. The summed E-state index contributed by atoms with van der Waals surface area (Å²) in [5, 5.41) is 58.1. The van der Waals surface area contributed by atoms with Crippen LogP contribution in [-0.2, 0) is 102 Å². The van der Waals surface area contributed by atoms with Crippen molar-refractivity contribution in [1.82, 2.24) is 68.4 Å². The number of phenols is 2. The van der Waals surface area contributed by atoms with E-state index in [4.69, 9.17) is 40.1 Å². The van der Waals surface area contributed by atoms with Gasteiger partial charge in [0.1, 0.15) is 78.0 Å². The third kappa shape index (κ3) is 30.5. The number of primary amides is 4. The quantitative estimate of drug-likeness (QED) is 0.00981. The largest absolute Gasteiger partial charge is 0.508 e. The van der Waals surface area contributed by atoms with E-state index in [1.165, 1.54) is 59.6 Å². The number of amides is 16. The highest BCUT2D eigenvalue weighted by Gasteiger charge is 2.41. The van der Waals surface area contributed by atoms with Crippen molar-refractivity contribution in [2.24, 2.45) is 57.0 Å². The molecule has 6 rings (SSSR count). The van der Waals surface area contributed by atoms with Crippen molar-refractivity contribution in [3.8, 4) is 11.5 Å². The number of nitrogens with two attached hydrogens (primary N) is 7. The second-order valence-electron chi connectivity index (χ2n) is 29.5. The number of para-hydroxylation sites is 1.